The molecule has 5 heteroatoms. The van der Waals surface area contributed by atoms with Crippen molar-refractivity contribution in [3.05, 3.63) is 191 Å². The predicted molar refractivity (Wildman–Crippen MR) is 364 cm³/mol. The summed E-state index contributed by atoms with van der Waals surface area (Å²) in [4.78, 5) is 13.2. The van der Waals surface area contributed by atoms with Crippen molar-refractivity contribution >= 4 is 68.6 Å². The normalized spacial score (nSPS) is 22.2. The number of nitrogens with zero attached hydrogens (tertiary/aromatic N) is 4. The average molecular weight is 1120 g/mol. The van der Waals surface area contributed by atoms with Gasteiger partial charge in [0.15, 0.2) is 0 Å². The highest BCUT2D eigenvalue weighted by atomic mass is 15.3. The molecule has 1 aromatic heterocycles. The quantitative estimate of drug-likeness (QED) is 0.155. The van der Waals surface area contributed by atoms with Gasteiger partial charge in [0, 0.05) is 62.6 Å². The number of rotatable bonds is 6. The third-order valence-corrected chi connectivity index (χ3v) is 22.7. The molecule has 434 valence electrons. The molecule has 0 saturated heterocycles. The Hall–Kier alpha value is -6.85. The van der Waals surface area contributed by atoms with Gasteiger partial charge in [0.25, 0.3) is 6.71 Å². The van der Waals surface area contributed by atoms with E-state index in [0.717, 1.165) is 31.4 Å². The van der Waals surface area contributed by atoms with Gasteiger partial charge in [0.1, 0.15) is 0 Å². The number of benzene rings is 7. The maximum absolute atomic E-state index is 4.88. The summed E-state index contributed by atoms with van der Waals surface area (Å²) in [5.74, 6) is 1.13. The summed E-state index contributed by atoms with van der Waals surface area (Å²) in [6.07, 6.45) is 11.4. The maximum Gasteiger partial charge on any atom is 0.252 e. The van der Waals surface area contributed by atoms with Crippen molar-refractivity contribution in [1.82, 2.24) is 4.98 Å². The van der Waals surface area contributed by atoms with Crippen LogP contribution >= 0.6 is 0 Å². The molecule has 4 heterocycles. The Labute approximate surface area is 510 Å². The largest absolute Gasteiger partial charge is 0.334 e. The Bertz CT molecular complexity index is 4000. The molecule has 0 radical (unpaired) electrons. The van der Waals surface area contributed by atoms with Crippen LogP contribution in [-0.2, 0) is 32.5 Å². The van der Waals surface area contributed by atoms with Gasteiger partial charge >= 0.3 is 0 Å². The van der Waals surface area contributed by atoms with Crippen LogP contribution in [-0.4, -0.2) is 17.2 Å². The second-order valence-electron chi connectivity index (χ2n) is 31.7. The van der Waals surface area contributed by atoms with Crippen LogP contribution in [0.25, 0.3) is 22.4 Å². The maximum atomic E-state index is 4.88. The van der Waals surface area contributed by atoms with E-state index in [1.807, 2.05) is 12.3 Å². The van der Waals surface area contributed by atoms with Crippen molar-refractivity contribution in [3.8, 4) is 22.4 Å². The number of fused-ring (bicyclic) bond motifs is 9. The van der Waals surface area contributed by atoms with Crippen LogP contribution < -0.4 is 31.1 Å². The first-order chi connectivity index (χ1) is 40.2. The second-order valence-corrected chi connectivity index (χ2v) is 31.7. The van der Waals surface area contributed by atoms with E-state index >= 15 is 0 Å². The summed E-state index contributed by atoms with van der Waals surface area (Å²) in [6.45, 7) is 39.4. The van der Waals surface area contributed by atoms with Crippen molar-refractivity contribution in [3.63, 3.8) is 0 Å². The SMILES string of the molecule is CC(C)C1CCC(C)(C)c2cc(N3c4cc5c(cc4B4c6ccc(N7c8ccc(-c9ccccn9)cc8C8(C)CCCCC78C)cc6N(c6ccc(C(C)(C)C)cc6-c6ccccc6)c6cc(C(C)(C)C)cc3c64)C(C)(C)CCC5(C)C)ccc21. The first-order valence-electron chi connectivity index (χ1n) is 32.5. The Morgan fingerprint density at radius 3 is 1.82 bits per heavy atom. The highest BCUT2D eigenvalue weighted by Gasteiger charge is 2.58. The van der Waals surface area contributed by atoms with E-state index in [1.165, 1.54) is 138 Å². The second kappa shape index (κ2) is 19.1. The van der Waals surface area contributed by atoms with Crippen LogP contribution in [0.15, 0.2) is 152 Å². The van der Waals surface area contributed by atoms with E-state index in [-0.39, 0.29) is 44.7 Å². The number of anilines is 8. The molecule has 0 spiro atoms. The molecule has 0 amide bonds. The standard InChI is InChI=1S/C80H91BN4/c1-50(2)57-35-38-76(9,10)60-46-55(29-31-58(57)60)83-70-49-62-61(77(11,12)39-40-78(62,13)14)48-65(70)81-64-32-30-56(85-68-33-27-52(66-26-20-23-41-82-66)42-63(68)79(15)36-21-22-37-80(79,85)16)47-69(64)84(72-45-54(75(6,7)8)44-71(83)73(72)81)67-34-28-53(74(3,4)5)43-59(67)51-24-18-17-19-25-51/h17-20,23-34,41-50,57H,21-22,35-40H2,1-16H3. The minimum absolute atomic E-state index is 0.0140. The Balaban J connectivity index is 1.10. The zero-order valence-corrected chi connectivity index (χ0v) is 54.1. The topological polar surface area (TPSA) is 22.6 Å². The van der Waals surface area contributed by atoms with Crippen LogP contribution in [0.5, 0.6) is 0 Å². The molecular weight excluding hydrogens is 1030 g/mol. The van der Waals surface area contributed by atoms with Crippen LogP contribution in [0, 0.1) is 5.92 Å². The highest BCUT2D eigenvalue weighted by Crippen LogP contribution is 2.62. The third kappa shape index (κ3) is 8.52. The molecular formula is C80H91BN4. The molecule has 7 aromatic carbocycles. The van der Waals surface area contributed by atoms with Gasteiger partial charge in [-0.3, -0.25) is 4.98 Å². The number of hydrogen-bond acceptors (Lipinski definition) is 4. The van der Waals surface area contributed by atoms with Gasteiger partial charge < -0.3 is 14.7 Å². The first-order valence-corrected chi connectivity index (χ1v) is 32.5. The van der Waals surface area contributed by atoms with Gasteiger partial charge in [-0.05, 0) is 224 Å². The molecule has 14 rings (SSSR count). The van der Waals surface area contributed by atoms with E-state index in [0.29, 0.717) is 11.8 Å². The zero-order chi connectivity index (χ0) is 59.7. The predicted octanol–water partition coefficient (Wildman–Crippen LogP) is 20.0. The highest BCUT2D eigenvalue weighted by molar-refractivity contribution is 7.00. The molecule has 3 atom stereocenters. The molecule has 3 aliphatic heterocycles. The minimum atomic E-state index is -0.170. The molecule has 6 aliphatic rings. The van der Waals surface area contributed by atoms with Gasteiger partial charge in [0.05, 0.1) is 16.9 Å². The monoisotopic (exact) mass is 1120 g/mol. The van der Waals surface area contributed by atoms with E-state index in [9.17, 15) is 0 Å². The van der Waals surface area contributed by atoms with Crippen molar-refractivity contribution < 1.29 is 0 Å². The molecule has 0 bridgehead atoms. The fourth-order valence-electron chi connectivity index (χ4n) is 17.1. The van der Waals surface area contributed by atoms with Gasteiger partial charge in [-0.25, -0.2) is 0 Å². The summed E-state index contributed by atoms with van der Waals surface area (Å²) >= 11 is 0. The molecule has 4 nitrogen and oxygen atoms in total. The van der Waals surface area contributed by atoms with Gasteiger partial charge in [0.2, 0.25) is 0 Å². The molecule has 0 N–H and O–H groups in total. The van der Waals surface area contributed by atoms with Gasteiger partial charge in [-0.15, -0.1) is 0 Å². The summed E-state index contributed by atoms with van der Waals surface area (Å²) < 4.78 is 0. The van der Waals surface area contributed by atoms with Crippen LogP contribution in [0.3, 0.4) is 0 Å². The van der Waals surface area contributed by atoms with Crippen molar-refractivity contribution in [2.24, 2.45) is 5.92 Å². The molecule has 8 aromatic rings. The lowest BCUT2D eigenvalue weighted by molar-refractivity contribution is 0.195. The van der Waals surface area contributed by atoms with Crippen LogP contribution in [0.4, 0.5) is 45.5 Å². The van der Waals surface area contributed by atoms with Crippen LogP contribution in [0.2, 0.25) is 0 Å². The third-order valence-electron chi connectivity index (χ3n) is 22.7. The zero-order valence-electron chi connectivity index (χ0n) is 54.1. The smallest absolute Gasteiger partial charge is 0.252 e. The lowest BCUT2D eigenvalue weighted by Gasteiger charge is -2.51. The summed E-state index contributed by atoms with van der Waals surface area (Å²) in [6, 6.07) is 58.4. The van der Waals surface area contributed by atoms with Gasteiger partial charge in [-0.2, -0.15) is 0 Å². The van der Waals surface area contributed by atoms with Crippen LogP contribution in [0.1, 0.15) is 207 Å². The molecule has 1 fully saturated rings. The van der Waals surface area contributed by atoms with E-state index in [2.05, 4.69) is 265 Å². The Kier molecular flexibility index (Phi) is 12.6. The fraction of sp³-hybridized carbons (Fsp3) is 0.412. The first kappa shape index (κ1) is 56.0. The van der Waals surface area contributed by atoms with Gasteiger partial charge in [-0.1, -0.05) is 183 Å². The summed E-state index contributed by atoms with van der Waals surface area (Å²) in [5.41, 5.74) is 28.9. The van der Waals surface area contributed by atoms with E-state index in [4.69, 9.17) is 4.98 Å². The summed E-state index contributed by atoms with van der Waals surface area (Å²) in [5, 5.41) is 0. The number of aromatic nitrogens is 1. The lowest BCUT2D eigenvalue weighted by atomic mass is 9.33. The molecule has 85 heavy (non-hydrogen) atoms. The molecule has 3 aliphatic carbocycles. The number of hydrogen-bond donors (Lipinski definition) is 0. The number of pyridine rings is 1. The van der Waals surface area contributed by atoms with Crippen molar-refractivity contribution in [2.45, 2.75) is 206 Å². The Morgan fingerprint density at radius 1 is 0.482 bits per heavy atom. The van der Waals surface area contributed by atoms with Crippen molar-refractivity contribution in [2.75, 3.05) is 14.7 Å². The fourth-order valence-corrected chi connectivity index (χ4v) is 17.1. The van der Waals surface area contributed by atoms with Crippen molar-refractivity contribution in [1.29, 1.82) is 0 Å². The van der Waals surface area contributed by atoms with E-state index < -0.39 is 0 Å². The average Bonchev–Trinajstić information content (AvgIpc) is 1.84. The van der Waals surface area contributed by atoms with E-state index in [1.54, 1.807) is 5.56 Å². The Morgan fingerprint density at radius 2 is 1.13 bits per heavy atom. The summed E-state index contributed by atoms with van der Waals surface area (Å²) in [7, 11) is 0. The minimum Gasteiger partial charge on any atom is -0.334 e. The lowest BCUT2D eigenvalue weighted by Crippen LogP contribution is -2.62. The molecule has 1 saturated carbocycles. The molecule has 3 unspecified atom stereocenters.